The summed E-state index contributed by atoms with van der Waals surface area (Å²) in [4.78, 5) is 0. The summed E-state index contributed by atoms with van der Waals surface area (Å²) in [5, 5.41) is 21.2. The maximum atomic E-state index is 10.6. The van der Waals surface area contributed by atoms with Gasteiger partial charge in [-0.3, -0.25) is 0 Å². The van der Waals surface area contributed by atoms with E-state index in [-0.39, 0.29) is 12.2 Å². The molecule has 5 aliphatic rings. The Hall–Kier alpha value is -0.240. The van der Waals surface area contributed by atoms with Crippen molar-refractivity contribution in [2.75, 3.05) is 0 Å². The van der Waals surface area contributed by atoms with Crippen molar-refractivity contribution in [1.29, 1.82) is 0 Å². The van der Waals surface area contributed by atoms with E-state index in [1.165, 1.54) is 12.8 Å². The molecular formula is C18H28O6. The van der Waals surface area contributed by atoms with Gasteiger partial charge in [0.25, 0.3) is 0 Å². The zero-order chi connectivity index (χ0) is 16.4. The molecule has 2 N–H and O–H groups in total. The summed E-state index contributed by atoms with van der Waals surface area (Å²) in [6, 6.07) is 0. The number of ether oxygens (including phenoxy) is 4. The van der Waals surface area contributed by atoms with Crippen LogP contribution in [0.1, 0.15) is 64.2 Å². The number of rotatable bonds is 0. The van der Waals surface area contributed by atoms with Crippen LogP contribution in [0.2, 0.25) is 0 Å². The Balaban J connectivity index is 1.42. The van der Waals surface area contributed by atoms with Gasteiger partial charge in [-0.2, -0.15) is 0 Å². The quantitative estimate of drug-likeness (QED) is 0.698. The van der Waals surface area contributed by atoms with Gasteiger partial charge in [-0.1, -0.05) is 12.8 Å². The van der Waals surface area contributed by atoms with Crippen molar-refractivity contribution in [2.45, 2.75) is 112 Å². The molecule has 6 atom stereocenters. The predicted molar refractivity (Wildman–Crippen MR) is 83.1 cm³/mol. The Morgan fingerprint density at radius 3 is 1.21 bits per heavy atom. The summed E-state index contributed by atoms with van der Waals surface area (Å²) in [6.07, 6.45) is 6.38. The third-order valence-electron chi connectivity index (χ3n) is 6.63. The first-order valence-corrected chi connectivity index (χ1v) is 9.69. The lowest BCUT2D eigenvalue weighted by Gasteiger charge is -2.38. The summed E-state index contributed by atoms with van der Waals surface area (Å²) in [6.45, 7) is 0. The molecule has 2 heterocycles. The molecule has 0 bridgehead atoms. The molecule has 5 fully saturated rings. The zero-order valence-electron chi connectivity index (χ0n) is 14.1. The van der Waals surface area contributed by atoms with Gasteiger partial charge in [-0.15, -0.1) is 0 Å². The average Bonchev–Trinajstić information content (AvgIpc) is 3.14. The lowest BCUT2D eigenvalue weighted by Crippen LogP contribution is -2.61. The van der Waals surface area contributed by atoms with Crippen LogP contribution in [-0.4, -0.2) is 58.4 Å². The summed E-state index contributed by atoms with van der Waals surface area (Å²) in [5.41, 5.74) is 0. The van der Waals surface area contributed by atoms with E-state index in [0.29, 0.717) is 0 Å². The minimum atomic E-state index is -0.986. The molecule has 24 heavy (non-hydrogen) atoms. The van der Waals surface area contributed by atoms with Crippen LogP contribution in [0.25, 0.3) is 0 Å². The smallest absolute Gasteiger partial charge is 0.169 e. The fourth-order valence-electron chi connectivity index (χ4n) is 5.39. The number of hydrogen-bond acceptors (Lipinski definition) is 6. The van der Waals surface area contributed by atoms with E-state index in [2.05, 4.69) is 0 Å². The monoisotopic (exact) mass is 340 g/mol. The van der Waals surface area contributed by atoms with E-state index in [9.17, 15) is 10.2 Å². The van der Waals surface area contributed by atoms with Gasteiger partial charge in [0.15, 0.2) is 11.6 Å². The molecule has 2 aliphatic heterocycles. The van der Waals surface area contributed by atoms with Gasteiger partial charge in [0.1, 0.15) is 36.6 Å². The largest absolute Gasteiger partial charge is 0.387 e. The van der Waals surface area contributed by atoms with Crippen LogP contribution in [-0.2, 0) is 18.9 Å². The zero-order valence-corrected chi connectivity index (χ0v) is 14.1. The van der Waals surface area contributed by atoms with Crippen molar-refractivity contribution in [2.24, 2.45) is 0 Å². The first-order chi connectivity index (χ1) is 11.6. The van der Waals surface area contributed by atoms with Gasteiger partial charge in [0.05, 0.1) is 0 Å². The average molecular weight is 340 g/mol. The normalized spacial score (nSPS) is 49.2. The van der Waals surface area contributed by atoms with Gasteiger partial charge < -0.3 is 29.2 Å². The van der Waals surface area contributed by atoms with Crippen molar-refractivity contribution in [3.63, 3.8) is 0 Å². The van der Waals surface area contributed by atoms with E-state index in [4.69, 9.17) is 18.9 Å². The highest BCUT2D eigenvalue weighted by Crippen LogP contribution is 2.51. The molecule has 2 saturated heterocycles. The third-order valence-corrected chi connectivity index (χ3v) is 6.63. The summed E-state index contributed by atoms with van der Waals surface area (Å²) >= 11 is 0. The number of aliphatic hydroxyl groups excluding tert-OH is 2. The summed E-state index contributed by atoms with van der Waals surface area (Å²) < 4.78 is 25.1. The van der Waals surface area contributed by atoms with Gasteiger partial charge in [0.2, 0.25) is 0 Å². The lowest BCUT2D eigenvalue weighted by atomic mass is 9.85. The van der Waals surface area contributed by atoms with Gasteiger partial charge in [0, 0.05) is 25.7 Å². The Kier molecular flexibility index (Phi) is 3.75. The van der Waals surface area contributed by atoms with Gasteiger partial charge in [-0.05, 0) is 25.7 Å². The molecule has 5 rings (SSSR count). The van der Waals surface area contributed by atoms with Crippen LogP contribution in [0.3, 0.4) is 0 Å². The summed E-state index contributed by atoms with van der Waals surface area (Å²) in [5.74, 6) is -1.20. The Bertz CT molecular complexity index is 440. The highest BCUT2D eigenvalue weighted by molar-refractivity contribution is 5.09. The molecule has 2 spiro atoms. The van der Waals surface area contributed by atoms with Crippen LogP contribution >= 0.6 is 0 Å². The molecule has 3 saturated carbocycles. The predicted octanol–water partition coefficient (Wildman–Crippen LogP) is 1.61. The second-order valence-electron chi connectivity index (χ2n) is 8.25. The SMILES string of the molecule is O[C@@H]1[C@H](O)[C@H]2OC3(CCCCC3)O[C@H]2[C@@H]2OC3(CCCCC3)O[C@@H]12. The topological polar surface area (TPSA) is 77.4 Å². The van der Waals surface area contributed by atoms with Crippen molar-refractivity contribution >= 4 is 0 Å². The van der Waals surface area contributed by atoms with Gasteiger partial charge in [-0.25, -0.2) is 0 Å². The molecule has 3 aliphatic carbocycles. The highest BCUT2D eigenvalue weighted by atomic mass is 16.8. The van der Waals surface area contributed by atoms with E-state index in [0.717, 1.165) is 51.4 Å². The van der Waals surface area contributed by atoms with Crippen LogP contribution in [0.5, 0.6) is 0 Å². The van der Waals surface area contributed by atoms with Crippen LogP contribution in [0.15, 0.2) is 0 Å². The molecule has 6 heteroatoms. The molecule has 0 radical (unpaired) electrons. The van der Waals surface area contributed by atoms with Crippen LogP contribution in [0.4, 0.5) is 0 Å². The fourth-order valence-corrected chi connectivity index (χ4v) is 5.39. The standard InChI is InChI=1S/C18H28O6/c19-11-12(20)14-16(24-18(22-14)9-5-2-6-10-18)15-13(11)21-17(23-15)7-3-1-4-8-17/h11-16,19-20H,1-10H2/t11-,12+,13+,14-,15-,16-/m1/s1. The lowest BCUT2D eigenvalue weighted by molar-refractivity contribution is -0.224. The van der Waals surface area contributed by atoms with Crippen LogP contribution in [0, 0.1) is 0 Å². The Morgan fingerprint density at radius 1 is 0.500 bits per heavy atom. The first-order valence-electron chi connectivity index (χ1n) is 9.69. The van der Waals surface area contributed by atoms with Crippen molar-refractivity contribution in [3.8, 4) is 0 Å². The Morgan fingerprint density at radius 2 is 0.833 bits per heavy atom. The van der Waals surface area contributed by atoms with Crippen molar-refractivity contribution in [1.82, 2.24) is 0 Å². The number of fused-ring (bicyclic) bond motifs is 3. The molecule has 0 aromatic rings. The van der Waals surface area contributed by atoms with E-state index in [1.807, 2.05) is 0 Å². The second-order valence-corrected chi connectivity index (χ2v) is 8.25. The van der Waals surface area contributed by atoms with Crippen molar-refractivity contribution < 1.29 is 29.2 Å². The number of aliphatic hydroxyl groups is 2. The van der Waals surface area contributed by atoms with E-state index < -0.39 is 36.0 Å². The molecule has 0 amide bonds. The number of hydrogen-bond donors (Lipinski definition) is 2. The first kappa shape index (κ1) is 16.0. The minimum absolute atomic E-state index is 0.354. The fraction of sp³-hybridized carbons (Fsp3) is 1.00. The van der Waals surface area contributed by atoms with Crippen LogP contribution < -0.4 is 0 Å². The maximum Gasteiger partial charge on any atom is 0.169 e. The van der Waals surface area contributed by atoms with Crippen molar-refractivity contribution in [3.05, 3.63) is 0 Å². The third kappa shape index (κ3) is 2.31. The van der Waals surface area contributed by atoms with Gasteiger partial charge >= 0.3 is 0 Å². The molecule has 6 nitrogen and oxygen atoms in total. The van der Waals surface area contributed by atoms with E-state index >= 15 is 0 Å². The van der Waals surface area contributed by atoms with E-state index in [1.54, 1.807) is 0 Å². The highest BCUT2D eigenvalue weighted by Gasteiger charge is 2.65. The molecular weight excluding hydrogens is 312 g/mol. The molecule has 136 valence electrons. The minimum Gasteiger partial charge on any atom is -0.387 e. The maximum absolute atomic E-state index is 10.6. The molecule has 0 aromatic heterocycles. The molecule has 0 aromatic carbocycles. The molecule has 0 unspecified atom stereocenters. The second kappa shape index (κ2) is 5.63. The summed E-state index contributed by atoms with van der Waals surface area (Å²) in [7, 11) is 0. The Labute approximate surface area is 142 Å².